The third kappa shape index (κ3) is 5.35. The first-order valence-electron chi connectivity index (χ1n) is 7.63. The molecule has 0 saturated carbocycles. The van der Waals surface area contributed by atoms with Crippen molar-refractivity contribution in [3.63, 3.8) is 0 Å². The number of Topliss-reactive ketones (excluding diaryl/α,β-unsaturated/α-hetero) is 1. The van der Waals surface area contributed by atoms with Crippen molar-refractivity contribution in [2.75, 3.05) is 13.2 Å². The van der Waals surface area contributed by atoms with Gasteiger partial charge in [0.25, 0.3) is 0 Å². The molecular formula is C17H23F2NO4. The van der Waals surface area contributed by atoms with E-state index in [-0.39, 0.29) is 31.1 Å². The van der Waals surface area contributed by atoms with Crippen LogP contribution in [0, 0.1) is 23.0 Å². The van der Waals surface area contributed by atoms with Crippen LogP contribution in [0.4, 0.5) is 8.78 Å². The smallest absolute Gasteiger partial charge is 0.249 e. The number of carbonyl (C=O) groups excluding carboxylic acids is 2. The lowest BCUT2D eigenvalue weighted by atomic mass is 9.87. The molecule has 1 aromatic carbocycles. The lowest BCUT2D eigenvalue weighted by Crippen LogP contribution is -2.46. The standard InChI is InChI=1S/C17H23F2NO4/c1-10(8-20-16(24)15(23)17(2,3)9-21)6-14(22)12-7-11(18)4-5-13(12)19/h4-5,7,10,15,21,23H,6,8-9H2,1-3H3,(H,20,24). The van der Waals surface area contributed by atoms with Gasteiger partial charge in [0.1, 0.15) is 17.7 Å². The first-order valence-corrected chi connectivity index (χ1v) is 7.63. The van der Waals surface area contributed by atoms with Gasteiger partial charge in [-0.1, -0.05) is 20.8 Å². The topological polar surface area (TPSA) is 86.6 Å². The summed E-state index contributed by atoms with van der Waals surface area (Å²) in [5, 5.41) is 21.5. The van der Waals surface area contributed by atoms with E-state index in [0.717, 1.165) is 18.2 Å². The Kier molecular flexibility index (Phi) is 6.98. The average Bonchev–Trinajstić information content (AvgIpc) is 2.53. The molecular weight excluding hydrogens is 320 g/mol. The van der Waals surface area contributed by atoms with Crippen molar-refractivity contribution in [1.29, 1.82) is 0 Å². The summed E-state index contributed by atoms with van der Waals surface area (Å²) in [7, 11) is 0. The van der Waals surface area contributed by atoms with E-state index in [0.29, 0.717) is 0 Å². The van der Waals surface area contributed by atoms with Gasteiger partial charge < -0.3 is 15.5 Å². The molecule has 0 bridgehead atoms. The molecule has 0 saturated heterocycles. The van der Waals surface area contributed by atoms with E-state index >= 15 is 0 Å². The number of hydrogen-bond acceptors (Lipinski definition) is 4. The fourth-order valence-corrected chi connectivity index (χ4v) is 2.02. The van der Waals surface area contributed by atoms with Crippen molar-refractivity contribution in [3.05, 3.63) is 35.4 Å². The zero-order chi connectivity index (χ0) is 18.5. The predicted molar refractivity (Wildman–Crippen MR) is 84.4 cm³/mol. The first kappa shape index (κ1) is 20.2. The van der Waals surface area contributed by atoms with Crippen molar-refractivity contribution >= 4 is 11.7 Å². The molecule has 0 aliphatic heterocycles. The van der Waals surface area contributed by atoms with Crippen LogP contribution in [0.3, 0.4) is 0 Å². The molecule has 0 aliphatic rings. The second kappa shape index (κ2) is 8.30. The molecule has 0 fully saturated rings. The fraction of sp³-hybridized carbons (Fsp3) is 0.529. The second-order valence-corrected chi connectivity index (χ2v) is 6.65. The van der Waals surface area contributed by atoms with E-state index in [1.165, 1.54) is 13.8 Å². The molecule has 5 nitrogen and oxygen atoms in total. The molecule has 0 radical (unpaired) electrons. The zero-order valence-electron chi connectivity index (χ0n) is 14.0. The number of rotatable bonds is 8. The Hall–Kier alpha value is -1.86. The maximum absolute atomic E-state index is 13.5. The van der Waals surface area contributed by atoms with Gasteiger partial charge in [0.05, 0.1) is 12.2 Å². The SMILES string of the molecule is CC(CNC(=O)C(O)C(C)(C)CO)CC(=O)c1cc(F)ccc1F. The van der Waals surface area contributed by atoms with Crippen molar-refractivity contribution < 1.29 is 28.6 Å². The molecule has 0 heterocycles. The largest absolute Gasteiger partial charge is 0.396 e. The van der Waals surface area contributed by atoms with Gasteiger partial charge in [0, 0.05) is 18.4 Å². The van der Waals surface area contributed by atoms with Crippen LogP contribution in [0.25, 0.3) is 0 Å². The molecule has 1 rings (SSSR count). The number of aliphatic hydroxyl groups excluding tert-OH is 2. The minimum absolute atomic E-state index is 0.0832. The van der Waals surface area contributed by atoms with Crippen LogP contribution in [-0.4, -0.2) is 41.2 Å². The number of hydrogen-bond donors (Lipinski definition) is 3. The molecule has 2 atom stereocenters. The lowest BCUT2D eigenvalue weighted by molar-refractivity contribution is -0.137. The van der Waals surface area contributed by atoms with Gasteiger partial charge >= 0.3 is 0 Å². The summed E-state index contributed by atoms with van der Waals surface area (Å²) in [6.07, 6.45) is -1.48. The van der Waals surface area contributed by atoms with E-state index < -0.39 is 34.8 Å². The molecule has 2 unspecified atom stereocenters. The van der Waals surface area contributed by atoms with Crippen molar-refractivity contribution in [1.82, 2.24) is 5.32 Å². The number of carbonyl (C=O) groups is 2. The van der Waals surface area contributed by atoms with Crippen LogP contribution >= 0.6 is 0 Å². The third-order valence-electron chi connectivity index (χ3n) is 3.78. The van der Waals surface area contributed by atoms with Crippen LogP contribution in [-0.2, 0) is 4.79 Å². The summed E-state index contributed by atoms with van der Waals surface area (Å²) in [6, 6.07) is 2.67. The Morgan fingerprint density at radius 2 is 1.92 bits per heavy atom. The number of aliphatic hydroxyl groups is 2. The van der Waals surface area contributed by atoms with E-state index in [2.05, 4.69) is 5.32 Å². The Balaban J connectivity index is 2.57. The first-order chi connectivity index (χ1) is 11.1. The predicted octanol–water partition coefficient (Wildman–Crippen LogP) is 1.67. The van der Waals surface area contributed by atoms with Gasteiger partial charge in [-0.2, -0.15) is 0 Å². The van der Waals surface area contributed by atoms with Crippen molar-refractivity contribution in [3.8, 4) is 0 Å². The number of ketones is 1. The van der Waals surface area contributed by atoms with Gasteiger partial charge in [-0.3, -0.25) is 9.59 Å². The van der Waals surface area contributed by atoms with Gasteiger partial charge in [-0.15, -0.1) is 0 Å². The van der Waals surface area contributed by atoms with E-state index in [9.17, 15) is 23.5 Å². The minimum atomic E-state index is -1.40. The summed E-state index contributed by atoms with van der Waals surface area (Å²) >= 11 is 0. The van der Waals surface area contributed by atoms with E-state index in [1.54, 1.807) is 6.92 Å². The summed E-state index contributed by atoms with van der Waals surface area (Å²) in [6.45, 7) is 4.46. The molecule has 0 aliphatic carbocycles. The highest BCUT2D eigenvalue weighted by molar-refractivity contribution is 5.96. The minimum Gasteiger partial charge on any atom is -0.396 e. The van der Waals surface area contributed by atoms with Gasteiger partial charge in [0.2, 0.25) is 5.91 Å². The second-order valence-electron chi connectivity index (χ2n) is 6.65. The third-order valence-corrected chi connectivity index (χ3v) is 3.78. The maximum Gasteiger partial charge on any atom is 0.249 e. The Morgan fingerprint density at radius 3 is 2.50 bits per heavy atom. The van der Waals surface area contributed by atoms with E-state index in [4.69, 9.17) is 5.11 Å². The van der Waals surface area contributed by atoms with Crippen LogP contribution in [0.2, 0.25) is 0 Å². The molecule has 0 aromatic heterocycles. The summed E-state index contributed by atoms with van der Waals surface area (Å²) in [5.41, 5.74) is -1.32. The van der Waals surface area contributed by atoms with Crippen molar-refractivity contribution in [2.24, 2.45) is 11.3 Å². The van der Waals surface area contributed by atoms with Crippen molar-refractivity contribution in [2.45, 2.75) is 33.3 Å². The Labute approximate surface area is 139 Å². The summed E-state index contributed by atoms with van der Waals surface area (Å²) < 4.78 is 26.7. The van der Waals surface area contributed by atoms with Gasteiger partial charge in [0.15, 0.2) is 5.78 Å². The molecule has 134 valence electrons. The van der Waals surface area contributed by atoms with Crippen LogP contribution < -0.4 is 5.32 Å². The van der Waals surface area contributed by atoms with E-state index in [1.807, 2.05) is 0 Å². The number of halogens is 2. The zero-order valence-corrected chi connectivity index (χ0v) is 14.0. The molecule has 1 aromatic rings. The normalized spacial score (nSPS) is 14.1. The van der Waals surface area contributed by atoms with Crippen LogP contribution in [0.1, 0.15) is 37.6 Å². The molecule has 7 heteroatoms. The maximum atomic E-state index is 13.5. The average molecular weight is 343 g/mol. The monoisotopic (exact) mass is 343 g/mol. The molecule has 1 amide bonds. The van der Waals surface area contributed by atoms with Crippen LogP contribution in [0.5, 0.6) is 0 Å². The lowest BCUT2D eigenvalue weighted by Gasteiger charge is -2.27. The fourth-order valence-electron chi connectivity index (χ4n) is 2.02. The highest BCUT2D eigenvalue weighted by Crippen LogP contribution is 2.20. The van der Waals surface area contributed by atoms with Crippen LogP contribution in [0.15, 0.2) is 18.2 Å². The summed E-state index contributed by atoms with van der Waals surface area (Å²) in [4.78, 5) is 23.9. The Bertz CT molecular complexity index is 604. The molecule has 0 spiro atoms. The summed E-state index contributed by atoms with van der Waals surface area (Å²) in [5.74, 6) is -3.06. The van der Waals surface area contributed by atoms with Gasteiger partial charge in [-0.25, -0.2) is 8.78 Å². The molecule has 3 N–H and O–H groups in total. The number of benzene rings is 1. The quantitative estimate of drug-likeness (QED) is 0.627. The highest BCUT2D eigenvalue weighted by Gasteiger charge is 2.33. The van der Waals surface area contributed by atoms with Gasteiger partial charge in [-0.05, 0) is 24.1 Å². The Morgan fingerprint density at radius 1 is 1.29 bits per heavy atom. The number of amides is 1. The number of nitrogens with one attached hydrogen (secondary N) is 1. The highest BCUT2D eigenvalue weighted by atomic mass is 19.1. The molecule has 24 heavy (non-hydrogen) atoms.